The van der Waals surface area contributed by atoms with Crippen molar-refractivity contribution < 1.29 is 37.1 Å². The van der Waals surface area contributed by atoms with Gasteiger partial charge >= 0.3 is 18.2 Å². The minimum absolute atomic E-state index is 0.0141. The zero-order valence-corrected chi connectivity index (χ0v) is 15.9. The van der Waals surface area contributed by atoms with Gasteiger partial charge in [-0.1, -0.05) is 11.6 Å². The van der Waals surface area contributed by atoms with Crippen LogP contribution in [-0.4, -0.2) is 47.9 Å². The van der Waals surface area contributed by atoms with Gasteiger partial charge in [0.05, 0.1) is 22.8 Å². The van der Waals surface area contributed by atoms with Crippen LogP contribution in [0.15, 0.2) is 18.2 Å². The summed E-state index contributed by atoms with van der Waals surface area (Å²) < 4.78 is 43.2. The fourth-order valence-electron chi connectivity index (χ4n) is 2.40. The zero-order valence-electron chi connectivity index (χ0n) is 15.1. The Balaban J connectivity index is 1.85. The van der Waals surface area contributed by atoms with Gasteiger partial charge in [0.2, 0.25) is 5.91 Å². The molecule has 1 aliphatic rings. The van der Waals surface area contributed by atoms with Crippen LogP contribution in [0, 0.1) is 0 Å². The summed E-state index contributed by atoms with van der Waals surface area (Å²) in [4.78, 5) is 47.6. The Kier molecular flexibility index (Phi) is 7.07. The topological polar surface area (TPSA) is 105 Å². The molecule has 0 aliphatic carbocycles. The highest BCUT2D eigenvalue weighted by molar-refractivity contribution is 6.33. The van der Waals surface area contributed by atoms with Gasteiger partial charge in [-0.05, 0) is 31.5 Å². The average molecular weight is 436 g/mol. The number of esters is 1. The molecule has 0 bridgehead atoms. The van der Waals surface area contributed by atoms with Crippen LogP contribution in [-0.2, 0) is 25.3 Å². The van der Waals surface area contributed by atoms with Crippen LogP contribution in [0.5, 0.6) is 0 Å². The first-order valence-corrected chi connectivity index (χ1v) is 8.82. The Morgan fingerprint density at radius 2 is 2.03 bits per heavy atom. The van der Waals surface area contributed by atoms with E-state index in [0.29, 0.717) is 6.07 Å². The highest BCUT2D eigenvalue weighted by Crippen LogP contribution is 2.33. The lowest BCUT2D eigenvalue weighted by atomic mass is 10.2. The van der Waals surface area contributed by atoms with E-state index in [1.807, 2.05) is 0 Å². The second kappa shape index (κ2) is 9.12. The Bertz CT molecular complexity index is 815. The van der Waals surface area contributed by atoms with E-state index >= 15 is 0 Å². The number of hydrogen-bond donors (Lipinski definition) is 2. The van der Waals surface area contributed by atoms with Crippen LogP contribution in [0.25, 0.3) is 0 Å². The number of alkyl halides is 3. The zero-order chi connectivity index (χ0) is 21.8. The van der Waals surface area contributed by atoms with Crippen LogP contribution < -0.4 is 10.6 Å². The Labute approximate surface area is 168 Å². The molecule has 1 aromatic rings. The molecule has 2 rings (SSSR count). The molecular formula is C17H17ClF3N3O5. The monoisotopic (exact) mass is 435 g/mol. The van der Waals surface area contributed by atoms with Crippen molar-refractivity contribution in [3.63, 3.8) is 0 Å². The first-order valence-electron chi connectivity index (χ1n) is 8.44. The summed E-state index contributed by atoms with van der Waals surface area (Å²) in [6, 6.07) is 1.89. The number of anilines is 1. The van der Waals surface area contributed by atoms with Crippen LogP contribution in [0.2, 0.25) is 5.02 Å². The second-order valence-corrected chi connectivity index (χ2v) is 6.53. The Morgan fingerprint density at radius 1 is 1.34 bits per heavy atom. The van der Waals surface area contributed by atoms with Gasteiger partial charge in [0, 0.05) is 13.0 Å². The summed E-state index contributed by atoms with van der Waals surface area (Å²) in [7, 11) is 0. The summed E-state index contributed by atoms with van der Waals surface area (Å²) in [5, 5.41) is 4.41. The molecule has 1 aliphatic heterocycles. The molecule has 0 saturated carbocycles. The molecule has 1 fully saturated rings. The van der Waals surface area contributed by atoms with Crippen molar-refractivity contribution in [2.24, 2.45) is 0 Å². The van der Waals surface area contributed by atoms with Crippen molar-refractivity contribution in [2.75, 3.05) is 18.4 Å². The largest absolute Gasteiger partial charge is 0.453 e. The van der Waals surface area contributed by atoms with Gasteiger partial charge < -0.3 is 15.4 Å². The number of hydrogen-bond acceptors (Lipinski definition) is 5. The molecule has 158 valence electrons. The van der Waals surface area contributed by atoms with Crippen LogP contribution >= 0.6 is 11.6 Å². The Morgan fingerprint density at radius 3 is 2.62 bits per heavy atom. The van der Waals surface area contributed by atoms with Crippen LogP contribution in [0.4, 0.5) is 23.7 Å². The number of benzene rings is 1. The standard InChI is InChI=1S/C17H17ClF3N3O5/c1-9(29-14(26)3-2-6-24-13(25)8-22-16(24)28)15(27)23-12-7-10(17(19,20)21)4-5-11(12)18/h4-5,7,9H,2-3,6,8H2,1H3,(H,22,28)(H,23,27)/t9-/m0/s1. The number of urea groups is 1. The third kappa shape index (κ3) is 6.08. The van der Waals surface area contributed by atoms with Crippen molar-refractivity contribution in [3.8, 4) is 0 Å². The van der Waals surface area contributed by atoms with Crippen molar-refractivity contribution in [2.45, 2.75) is 32.0 Å². The molecule has 2 N–H and O–H groups in total. The number of imide groups is 1. The smallest absolute Gasteiger partial charge is 0.416 e. The van der Waals surface area contributed by atoms with E-state index in [-0.39, 0.29) is 36.6 Å². The van der Waals surface area contributed by atoms with Crippen molar-refractivity contribution in [1.82, 2.24) is 10.2 Å². The number of ether oxygens (including phenoxy) is 1. The Hall–Kier alpha value is -2.82. The molecule has 1 aromatic carbocycles. The quantitative estimate of drug-likeness (QED) is 0.506. The molecule has 8 nitrogen and oxygen atoms in total. The minimum Gasteiger partial charge on any atom is -0.453 e. The molecule has 0 spiro atoms. The molecule has 29 heavy (non-hydrogen) atoms. The summed E-state index contributed by atoms with van der Waals surface area (Å²) in [6.07, 6.45) is -5.95. The lowest BCUT2D eigenvalue weighted by Crippen LogP contribution is -2.33. The lowest BCUT2D eigenvalue weighted by molar-refractivity contribution is -0.153. The first kappa shape index (κ1) is 22.5. The van der Waals surface area contributed by atoms with Crippen molar-refractivity contribution in [1.29, 1.82) is 0 Å². The second-order valence-electron chi connectivity index (χ2n) is 6.12. The highest BCUT2D eigenvalue weighted by atomic mass is 35.5. The number of nitrogens with one attached hydrogen (secondary N) is 2. The normalized spacial score (nSPS) is 15.1. The summed E-state index contributed by atoms with van der Waals surface area (Å²) in [5.74, 6) is -2.04. The maximum atomic E-state index is 12.8. The van der Waals surface area contributed by atoms with E-state index in [9.17, 15) is 32.3 Å². The van der Waals surface area contributed by atoms with E-state index in [4.69, 9.17) is 16.3 Å². The SMILES string of the molecule is C[C@H](OC(=O)CCCN1C(=O)CNC1=O)C(=O)Nc1cc(C(F)(F)F)ccc1Cl. The molecule has 0 aromatic heterocycles. The molecule has 1 saturated heterocycles. The van der Waals surface area contributed by atoms with E-state index < -0.39 is 41.7 Å². The summed E-state index contributed by atoms with van der Waals surface area (Å²) in [5.41, 5.74) is -1.27. The number of carbonyl (C=O) groups is 4. The maximum absolute atomic E-state index is 12.8. The molecule has 0 unspecified atom stereocenters. The predicted octanol–water partition coefficient (Wildman–Crippen LogP) is 2.56. The van der Waals surface area contributed by atoms with Gasteiger partial charge in [0.1, 0.15) is 0 Å². The van der Waals surface area contributed by atoms with Gasteiger partial charge in [0.25, 0.3) is 5.91 Å². The maximum Gasteiger partial charge on any atom is 0.416 e. The van der Waals surface area contributed by atoms with E-state index in [0.717, 1.165) is 17.0 Å². The summed E-state index contributed by atoms with van der Waals surface area (Å²) in [6.45, 7) is 1.16. The van der Waals surface area contributed by atoms with Gasteiger partial charge in [0.15, 0.2) is 6.10 Å². The third-order valence-corrected chi connectivity index (χ3v) is 4.26. The fraction of sp³-hybridized carbons (Fsp3) is 0.412. The van der Waals surface area contributed by atoms with E-state index in [1.165, 1.54) is 6.92 Å². The molecule has 0 radical (unpaired) electrons. The van der Waals surface area contributed by atoms with Gasteiger partial charge in [-0.3, -0.25) is 19.3 Å². The summed E-state index contributed by atoms with van der Waals surface area (Å²) >= 11 is 5.80. The van der Waals surface area contributed by atoms with Gasteiger partial charge in [-0.25, -0.2) is 4.79 Å². The van der Waals surface area contributed by atoms with Gasteiger partial charge in [-0.2, -0.15) is 13.2 Å². The highest BCUT2D eigenvalue weighted by Gasteiger charge is 2.31. The minimum atomic E-state index is -4.62. The number of rotatable bonds is 7. The molecule has 1 heterocycles. The lowest BCUT2D eigenvalue weighted by Gasteiger charge is -2.16. The van der Waals surface area contributed by atoms with Crippen molar-refractivity contribution in [3.05, 3.63) is 28.8 Å². The van der Waals surface area contributed by atoms with E-state index in [2.05, 4.69) is 10.6 Å². The van der Waals surface area contributed by atoms with Gasteiger partial charge in [-0.15, -0.1) is 0 Å². The number of halogens is 4. The molecular weight excluding hydrogens is 419 g/mol. The van der Waals surface area contributed by atoms with Crippen LogP contribution in [0.3, 0.4) is 0 Å². The number of carbonyl (C=O) groups excluding carboxylic acids is 4. The third-order valence-electron chi connectivity index (χ3n) is 3.93. The molecule has 4 amide bonds. The van der Waals surface area contributed by atoms with E-state index in [1.54, 1.807) is 0 Å². The average Bonchev–Trinajstić information content (AvgIpc) is 2.94. The van der Waals surface area contributed by atoms with Crippen LogP contribution in [0.1, 0.15) is 25.3 Å². The number of nitrogens with zero attached hydrogens (tertiary/aromatic N) is 1. The first-order chi connectivity index (χ1) is 13.5. The molecule has 1 atom stereocenters. The molecule has 12 heteroatoms. The number of amides is 4. The fourth-order valence-corrected chi connectivity index (χ4v) is 2.57. The van der Waals surface area contributed by atoms with Crippen molar-refractivity contribution >= 4 is 41.1 Å². The predicted molar refractivity (Wildman–Crippen MR) is 95.0 cm³/mol.